The summed E-state index contributed by atoms with van der Waals surface area (Å²) in [5.41, 5.74) is 1.63. The second-order valence-corrected chi connectivity index (χ2v) is 10.6. The Morgan fingerprint density at radius 1 is 1.19 bits per heavy atom. The van der Waals surface area contributed by atoms with Crippen LogP contribution in [0.25, 0.3) is 0 Å². The summed E-state index contributed by atoms with van der Waals surface area (Å²) in [4.78, 5) is 12.2. The quantitative estimate of drug-likeness (QED) is 0.487. The van der Waals surface area contributed by atoms with Crippen molar-refractivity contribution < 1.29 is 17.9 Å². The molecule has 0 heterocycles. The van der Waals surface area contributed by atoms with Gasteiger partial charge in [-0.1, -0.05) is 41.4 Å². The highest BCUT2D eigenvalue weighted by Crippen LogP contribution is 2.37. The Hall–Kier alpha value is -1.41. The van der Waals surface area contributed by atoms with Crippen LogP contribution < -0.4 is 5.32 Å². The summed E-state index contributed by atoms with van der Waals surface area (Å²) >= 11 is 12.3. The van der Waals surface area contributed by atoms with Crippen molar-refractivity contribution in [2.24, 2.45) is 0 Å². The fourth-order valence-corrected chi connectivity index (χ4v) is 5.03. The van der Waals surface area contributed by atoms with Crippen molar-refractivity contribution in [3.63, 3.8) is 0 Å². The standard InChI is InChI=1S/C17H17Cl2NO4S2/c1-3-24-17(21)16(25-26(2,22)23)11-6-4-7-12(10-11)20-15-13(18)8-5-9-14(15)19/h4-10,16,20H,3H2,1-2H3. The van der Waals surface area contributed by atoms with Gasteiger partial charge in [0.1, 0.15) is 5.25 Å². The maximum atomic E-state index is 12.2. The third-order valence-corrected chi connectivity index (χ3v) is 6.46. The van der Waals surface area contributed by atoms with E-state index in [1.165, 1.54) is 0 Å². The number of esters is 1. The summed E-state index contributed by atoms with van der Waals surface area (Å²) in [6.07, 6.45) is 1.05. The number of hydrogen-bond acceptors (Lipinski definition) is 6. The molecular weight excluding hydrogens is 417 g/mol. The summed E-state index contributed by atoms with van der Waals surface area (Å²) in [6, 6.07) is 11.9. The maximum Gasteiger partial charge on any atom is 0.324 e. The van der Waals surface area contributed by atoms with E-state index in [1.54, 1.807) is 49.4 Å². The van der Waals surface area contributed by atoms with Crippen LogP contribution >= 0.6 is 34.0 Å². The number of hydrogen-bond donors (Lipinski definition) is 1. The van der Waals surface area contributed by atoms with Gasteiger partial charge >= 0.3 is 5.97 Å². The molecule has 26 heavy (non-hydrogen) atoms. The highest BCUT2D eigenvalue weighted by atomic mass is 35.5. The van der Waals surface area contributed by atoms with Crippen molar-refractivity contribution in [1.29, 1.82) is 0 Å². The molecule has 2 aromatic rings. The first kappa shape index (κ1) is 20.9. The van der Waals surface area contributed by atoms with E-state index in [2.05, 4.69) is 5.32 Å². The van der Waals surface area contributed by atoms with Crippen LogP contribution in [0.4, 0.5) is 11.4 Å². The van der Waals surface area contributed by atoms with Crippen LogP contribution in [0.5, 0.6) is 0 Å². The van der Waals surface area contributed by atoms with Crippen LogP contribution in [-0.4, -0.2) is 27.2 Å². The lowest BCUT2D eigenvalue weighted by atomic mass is 10.1. The van der Waals surface area contributed by atoms with Gasteiger partial charge in [0.25, 0.3) is 0 Å². The van der Waals surface area contributed by atoms with E-state index in [0.29, 0.717) is 37.8 Å². The van der Waals surface area contributed by atoms with Gasteiger partial charge in [-0.3, -0.25) is 4.79 Å². The van der Waals surface area contributed by atoms with Crippen molar-refractivity contribution in [2.45, 2.75) is 12.2 Å². The summed E-state index contributed by atoms with van der Waals surface area (Å²) in [5, 5.41) is 2.98. The molecule has 140 valence electrons. The second-order valence-electron chi connectivity index (χ2n) is 5.28. The monoisotopic (exact) mass is 433 g/mol. The molecule has 0 fully saturated rings. The fourth-order valence-electron chi connectivity index (χ4n) is 2.16. The molecule has 0 aromatic heterocycles. The molecule has 2 rings (SSSR count). The zero-order valence-electron chi connectivity index (χ0n) is 14.0. The summed E-state index contributed by atoms with van der Waals surface area (Å²) in [7, 11) is -2.92. The Labute approximate surface area is 166 Å². The number of carbonyl (C=O) groups is 1. The van der Waals surface area contributed by atoms with Gasteiger partial charge in [0, 0.05) is 11.9 Å². The summed E-state index contributed by atoms with van der Waals surface area (Å²) in [5.74, 6) is -0.615. The number of halogens is 2. The van der Waals surface area contributed by atoms with Crippen molar-refractivity contribution >= 4 is 60.2 Å². The number of nitrogens with one attached hydrogen (secondary N) is 1. The minimum atomic E-state index is -3.47. The molecule has 0 spiro atoms. The van der Waals surface area contributed by atoms with Crippen LogP contribution in [0.1, 0.15) is 17.7 Å². The zero-order valence-corrected chi connectivity index (χ0v) is 17.2. The first-order chi connectivity index (χ1) is 12.2. The van der Waals surface area contributed by atoms with Gasteiger partial charge in [0.15, 0.2) is 8.87 Å². The van der Waals surface area contributed by atoms with E-state index in [-0.39, 0.29) is 6.61 Å². The van der Waals surface area contributed by atoms with Crippen LogP contribution in [0.15, 0.2) is 42.5 Å². The highest BCUT2D eigenvalue weighted by Gasteiger charge is 2.27. The highest BCUT2D eigenvalue weighted by molar-refractivity contribution is 8.72. The molecule has 0 aliphatic heterocycles. The van der Waals surface area contributed by atoms with Gasteiger partial charge in [-0.15, -0.1) is 0 Å². The molecule has 0 saturated heterocycles. The Kier molecular flexibility index (Phi) is 7.23. The minimum absolute atomic E-state index is 0.160. The second kappa shape index (κ2) is 8.99. The average molecular weight is 434 g/mol. The van der Waals surface area contributed by atoms with Crippen molar-refractivity contribution in [2.75, 3.05) is 18.2 Å². The van der Waals surface area contributed by atoms with Crippen molar-refractivity contribution in [3.05, 3.63) is 58.1 Å². The van der Waals surface area contributed by atoms with Crippen LogP contribution in [0.2, 0.25) is 10.0 Å². The Bertz CT molecular complexity index is 883. The molecular formula is C17H17Cl2NO4S2. The van der Waals surface area contributed by atoms with Gasteiger partial charge in [-0.2, -0.15) is 0 Å². The van der Waals surface area contributed by atoms with Crippen LogP contribution in [-0.2, 0) is 18.4 Å². The summed E-state index contributed by atoms with van der Waals surface area (Å²) < 4.78 is 28.4. The number of rotatable bonds is 7. The predicted octanol–water partition coefficient (Wildman–Crippen LogP) is 5.03. The largest absolute Gasteiger partial charge is 0.465 e. The van der Waals surface area contributed by atoms with Gasteiger partial charge in [-0.25, -0.2) is 8.42 Å². The molecule has 1 N–H and O–H groups in total. The molecule has 1 unspecified atom stereocenters. The average Bonchev–Trinajstić information content (AvgIpc) is 2.56. The maximum absolute atomic E-state index is 12.2. The Balaban J connectivity index is 2.37. The third-order valence-electron chi connectivity index (χ3n) is 3.19. The number of benzene rings is 2. The smallest absolute Gasteiger partial charge is 0.324 e. The van der Waals surface area contributed by atoms with E-state index in [0.717, 1.165) is 6.26 Å². The molecule has 0 aliphatic rings. The van der Waals surface area contributed by atoms with Gasteiger partial charge in [0.05, 0.1) is 22.3 Å². The van der Waals surface area contributed by atoms with E-state index >= 15 is 0 Å². The molecule has 0 bridgehead atoms. The first-order valence-corrected chi connectivity index (χ1v) is 11.6. The lowest BCUT2D eigenvalue weighted by Crippen LogP contribution is -2.15. The topological polar surface area (TPSA) is 72.5 Å². The van der Waals surface area contributed by atoms with Gasteiger partial charge in [0.2, 0.25) is 0 Å². The molecule has 0 aliphatic carbocycles. The zero-order chi connectivity index (χ0) is 19.3. The lowest BCUT2D eigenvalue weighted by molar-refractivity contribution is -0.142. The normalized spacial score (nSPS) is 12.5. The molecule has 2 aromatic carbocycles. The first-order valence-electron chi connectivity index (χ1n) is 7.57. The Morgan fingerprint density at radius 2 is 1.81 bits per heavy atom. The van der Waals surface area contributed by atoms with Crippen molar-refractivity contribution in [3.8, 4) is 0 Å². The minimum Gasteiger partial charge on any atom is -0.465 e. The number of anilines is 2. The number of carbonyl (C=O) groups excluding carboxylic acids is 1. The molecule has 1 atom stereocenters. The van der Waals surface area contributed by atoms with Crippen LogP contribution in [0, 0.1) is 0 Å². The molecule has 9 heteroatoms. The number of ether oxygens (including phenoxy) is 1. The van der Waals surface area contributed by atoms with Gasteiger partial charge in [-0.05, 0) is 47.5 Å². The lowest BCUT2D eigenvalue weighted by Gasteiger charge is -2.16. The van der Waals surface area contributed by atoms with E-state index < -0.39 is 20.1 Å². The van der Waals surface area contributed by atoms with Crippen LogP contribution in [0.3, 0.4) is 0 Å². The van der Waals surface area contributed by atoms with E-state index in [1.807, 2.05) is 0 Å². The predicted molar refractivity (Wildman–Crippen MR) is 108 cm³/mol. The van der Waals surface area contributed by atoms with Gasteiger partial charge < -0.3 is 10.1 Å². The summed E-state index contributed by atoms with van der Waals surface area (Å²) in [6.45, 7) is 1.82. The molecule has 0 amide bonds. The number of para-hydroxylation sites is 1. The molecule has 0 radical (unpaired) electrons. The third kappa shape index (κ3) is 5.81. The fraction of sp³-hybridized carbons (Fsp3) is 0.235. The molecule has 5 nitrogen and oxygen atoms in total. The Morgan fingerprint density at radius 3 is 2.38 bits per heavy atom. The van der Waals surface area contributed by atoms with E-state index in [4.69, 9.17) is 27.9 Å². The van der Waals surface area contributed by atoms with E-state index in [9.17, 15) is 13.2 Å². The molecule has 0 saturated carbocycles. The SMILES string of the molecule is CCOC(=O)C(SS(C)(=O)=O)c1cccc(Nc2c(Cl)cccc2Cl)c1. The van der Waals surface area contributed by atoms with Crippen molar-refractivity contribution in [1.82, 2.24) is 0 Å².